The summed E-state index contributed by atoms with van der Waals surface area (Å²) in [5.74, 6) is -2.69. The number of amides is 1. The van der Waals surface area contributed by atoms with Gasteiger partial charge in [-0.3, -0.25) is 15.0 Å². The van der Waals surface area contributed by atoms with Crippen LogP contribution in [0.4, 0.5) is 4.79 Å². The van der Waals surface area contributed by atoms with Crippen LogP contribution in [0.3, 0.4) is 0 Å². The van der Waals surface area contributed by atoms with Crippen molar-refractivity contribution in [2.75, 3.05) is 0 Å². The van der Waals surface area contributed by atoms with Gasteiger partial charge in [0.15, 0.2) is 0 Å². The highest BCUT2D eigenvalue weighted by atomic mass is 16.6. The number of hydrogen-bond acceptors (Lipinski definition) is 5. The van der Waals surface area contributed by atoms with Crippen LogP contribution in [-0.4, -0.2) is 34.3 Å². The van der Waals surface area contributed by atoms with Gasteiger partial charge in [0.05, 0.1) is 6.42 Å². The van der Waals surface area contributed by atoms with Gasteiger partial charge in [-0.05, 0) is 5.56 Å². The lowest BCUT2D eigenvalue weighted by Gasteiger charge is -2.13. The van der Waals surface area contributed by atoms with Crippen molar-refractivity contribution in [3.8, 4) is 0 Å². The molecule has 0 spiro atoms. The molecule has 0 fully saturated rings. The number of rotatable bonds is 7. The van der Waals surface area contributed by atoms with Crippen molar-refractivity contribution in [2.45, 2.75) is 19.1 Å². The molecular weight excluding hydrogens is 268 g/mol. The molecule has 8 nitrogen and oxygen atoms in total. The van der Waals surface area contributed by atoms with Gasteiger partial charge in [-0.2, -0.15) is 0 Å². The first-order valence-corrected chi connectivity index (χ1v) is 5.66. The van der Waals surface area contributed by atoms with Gasteiger partial charge in [0.1, 0.15) is 12.6 Å². The Morgan fingerprint density at radius 1 is 1.15 bits per heavy atom. The minimum Gasteiger partial charge on any atom is -0.481 e. The van der Waals surface area contributed by atoms with Crippen LogP contribution in [0.1, 0.15) is 12.0 Å². The molecule has 0 bridgehead atoms. The number of carbonyl (C=O) groups excluding carboxylic acids is 1. The van der Waals surface area contributed by atoms with E-state index in [0.29, 0.717) is 0 Å². The molecule has 0 saturated heterocycles. The summed E-state index contributed by atoms with van der Waals surface area (Å²) in [6, 6.07) is 7.45. The van der Waals surface area contributed by atoms with Gasteiger partial charge in [-0.25, -0.2) is 10.2 Å². The number of carboxylic acids is 2. The maximum Gasteiger partial charge on any atom is 0.421 e. The highest BCUT2D eigenvalue weighted by Crippen LogP contribution is 2.00. The first-order chi connectivity index (χ1) is 9.49. The minimum absolute atomic E-state index is 0.0189. The minimum atomic E-state index is -1.43. The standard InChI is InChI=1S/C12H14N2O6/c15-10(16)6-9(11(17)18)13-14-12(19)20-7-8-4-2-1-3-5-8/h1-5,9,13H,6-7H2,(H,14,19)(H,15,16)(H,17,18)/t9-/m0/s1. The van der Waals surface area contributed by atoms with Gasteiger partial charge in [0, 0.05) is 0 Å². The zero-order chi connectivity index (χ0) is 15.0. The summed E-state index contributed by atoms with van der Waals surface area (Å²) in [5, 5.41) is 17.2. The SMILES string of the molecule is O=C(O)C[C@H](NNC(=O)OCc1ccccc1)C(=O)O. The predicted octanol–water partition coefficient (Wildman–Crippen LogP) is 0.345. The summed E-state index contributed by atoms with van der Waals surface area (Å²) in [6.45, 7) is 0.0189. The molecular formula is C12H14N2O6. The second kappa shape index (κ2) is 7.74. The summed E-state index contributed by atoms with van der Waals surface area (Å²) >= 11 is 0. The highest BCUT2D eigenvalue weighted by molar-refractivity contribution is 5.80. The third kappa shape index (κ3) is 5.83. The van der Waals surface area contributed by atoms with Crippen molar-refractivity contribution < 1.29 is 29.3 Å². The number of hydrogen-bond donors (Lipinski definition) is 4. The fourth-order valence-electron chi connectivity index (χ4n) is 1.28. The summed E-state index contributed by atoms with van der Waals surface area (Å²) in [5.41, 5.74) is 4.83. The van der Waals surface area contributed by atoms with Crippen molar-refractivity contribution in [3.63, 3.8) is 0 Å². The smallest absolute Gasteiger partial charge is 0.421 e. The Balaban J connectivity index is 2.34. The predicted molar refractivity (Wildman–Crippen MR) is 66.6 cm³/mol. The number of carboxylic acid groups (broad SMARTS) is 2. The van der Waals surface area contributed by atoms with E-state index < -0.39 is 30.5 Å². The van der Waals surface area contributed by atoms with Gasteiger partial charge < -0.3 is 14.9 Å². The first-order valence-electron chi connectivity index (χ1n) is 5.66. The Morgan fingerprint density at radius 3 is 2.35 bits per heavy atom. The fraction of sp³-hybridized carbons (Fsp3) is 0.250. The molecule has 0 aliphatic carbocycles. The largest absolute Gasteiger partial charge is 0.481 e. The van der Waals surface area contributed by atoms with E-state index in [-0.39, 0.29) is 6.61 Å². The van der Waals surface area contributed by atoms with Crippen molar-refractivity contribution >= 4 is 18.0 Å². The molecule has 1 atom stereocenters. The van der Waals surface area contributed by atoms with Crippen molar-refractivity contribution in [1.82, 2.24) is 10.9 Å². The molecule has 0 aromatic heterocycles. The number of ether oxygens (including phenoxy) is 1. The van der Waals surface area contributed by atoms with E-state index >= 15 is 0 Å². The Bertz CT molecular complexity index is 476. The molecule has 0 heterocycles. The summed E-state index contributed by atoms with van der Waals surface area (Å²) < 4.78 is 4.81. The summed E-state index contributed by atoms with van der Waals surface area (Å²) in [7, 11) is 0. The Labute approximate surface area is 114 Å². The average Bonchev–Trinajstić information content (AvgIpc) is 2.41. The number of benzene rings is 1. The fourth-order valence-corrected chi connectivity index (χ4v) is 1.28. The van der Waals surface area contributed by atoms with Crippen LogP contribution in [0.2, 0.25) is 0 Å². The quantitative estimate of drug-likeness (QED) is 0.531. The molecule has 108 valence electrons. The van der Waals surface area contributed by atoms with Gasteiger partial charge >= 0.3 is 18.0 Å². The molecule has 1 amide bonds. The highest BCUT2D eigenvalue weighted by Gasteiger charge is 2.21. The van der Waals surface area contributed by atoms with E-state index in [2.05, 4.69) is 5.43 Å². The number of carbonyl (C=O) groups is 3. The third-order valence-electron chi connectivity index (χ3n) is 2.24. The van der Waals surface area contributed by atoms with Crippen LogP contribution in [-0.2, 0) is 20.9 Å². The zero-order valence-electron chi connectivity index (χ0n) is 10.4. The van der Waals surface area contributed by atoms with Gasteiger partial charge in [0.2, 0.25) is 0 Å². The van der Waals surface area contributed by atoms with E-state index in [0.717, 1.165) is 5.56 Å². The lowest BCUT2D eigenvalue weighted by molar-refractivity contribution is -0.146. The Hall–Kier alpha value is -2.61. The molecule has 8 heteroatoms. The van der Waals surface area contributed by atoms with Crippen molar-refractivity contribution in [1.29, 1.82) is 0 Å². The van der Waals surface area contributed by atoms with E-state index in [1.807, 2.05) is 11.5 Å². The second-order valence-corrected chi connectivity index (χ2v) is 3.82. The Morgan fingerprint density at radius 2 is 1.80 bits per heavy atom. The van der Waals surface area contributed by atoms with Crippen LogP contribution in [0.5, 0.6) is 0 Å². The van der Waals surface area contributed by atoms with E-state index in [1.165, 1.54) is 0 Å². The third-order valence-corrected chi connectivity index (χ3v) is 2.24. The molecule has 0 aliphatic rings. The topological polar surface area (TPSA) is 125 Å². The summed E-state index contributed by atoms with van der Waals surface area (Å²) in [6.07, 6.45) is -1.57. The molecule has 1 aromatic carbocycles. The van der Waals surface area contributed by atoms with Crippen LogP contribution in [0, 0.1) is 0 Å². The lowest BCUT2D eigenvalue weighted by atomic mass is 10.2. The Kier molecular flexibility index (Phi) is 5.98. The molecule has 1 aromatic rings. The lowest BCUT2D eigenvalue weighted by Crippen LogP contribution is -2.49. The average molecular weight is 282 g/mol. The van der Waals surface area contributed by atoms with Gasteiger partial charge in [0.25, 0.3) is 0 Å². The van der Waals surface area contributed by atoms with Crippen molar-refractivity contribution in [2.24, 2.45) is 0 Å². The molecule has 4 N–H and O–H groups in total. The van der Waals surface area contributed by atoms with Crippen molar-refractivity contribution in [3.05, 3.63) is 35.9 Å². The maximum absolute atomic E-state index is 11.3. The van der Waals surface area contributed by atoms with E-state index in [4.69, 9.17) is 14.9 Å². The number of hydrazine groups is 1. The monoisotopic (exact) mass is 282 g/mol. The summed E-state index contributed by atoms with van der Waals surface area (Å²) in [4.78, 5) is 32.4. The normalized spacial score (nSPS) is 11.4. The number of aliphatic carboxylic acids is 2. The molecule has 0 saturated carbocycles. The maximum atomic E-state index is 11.3. The van der Waals surface area contributed by atoms with E-state index in [1.54, 1.807) is 24.3 Å². The van der Waals surface area contributed by atoms with Crippen LogP contribution in [0.15, 0.2) is 30.3 Å². The van der Waals surface area contributed by atoms with E-state index in [9.17, 15) is 14.4 Å². The zero-order valence-corrected chi connectivity index (χ0v) is 10.4. The number of nitrogens with one attached hydrogen (secondary N) is 2. The molecule has 1 rings (SSSR count). The first kappa shape index (κ1) is 15.4. The van der Waals surface area contributed by atoms with Crippen LogP contribution in [0.25, 0.3) is 0 Å². The van der Waals surface area contributed by atoms with Gasteiger partial charge in [-0.1, -0.05) is 30.3 Å². The molecule has 0 unspecified atom stereocenters. The van der Waals surface area contributed by atoms with Crippen LogP contribution >= 0.6 is 0 Å². The molecule has 0 radical (unpaired) electrons. The second-order valence-electron chi connectivity index (χ2n) is 3.82. The van der Waals surface area contributed by atoms with Crippen LogP contribution < -0.4 is 10.9 Å². The molecule has 20 heavy (non-hydrogen) atoms. The van der Waals surface area contributed by atoms with Gasteiger partial charge in [-0.15, -0.1) is 0 Å². The molecule has 0 aliphatic heterocycles.